The Morgan fingerprint density at radius 3 is 2.60 bits per heavy atom. The molecule has 1 rings (SSSR count). The number of halogens is 1. The standard InChI is InChI=1S/C11H13ClO3/c1-14-11(12)10(7-15-8-13)9-5-3-2-4-6-9/h2-6,8,10-11H,7H2,1H3. The number of carbonyl (C=O) groups excluding carboxylic acids is 1. The van der Waals surface area contributed by atoms with Gasteiger partial charge in [0.2, 0.25) is 0 Å². The van der Waals surface area contributed by atoms with Crippen LogP contribution in [-0.4, -0.2) is 25.8 Å². The first-order chi connectivity index (χ1) is 7.29. The molecular weight excluding hydrogens is 216 g/mol. The summed E-state index contributed by atoms with van der Waals surface area (Å²) in [5, 5.41) is 0. The van der Waals surface area contributed by atoms with Crippen LogP contribution in [0.4, 0.5) is 0 Å². The van der Waals surface area contributed by atoms with Crippen LogP contribution < -0.4 is 0 Å². The van der Waals surface area contributed by atoms with Crippen molar-refractivity contribution in [3.05, 3.63) is 35.9 Å². The van der Waals surface area contributed by atoms with Gasteiger partial charge in [-0.25, -0.2) is 0 Å². The molecule has 4 heteroatoms. The minimum Gasteiger partial charge on any atom is -0.467 e. The van der Waals surface area contributed by atoms with E-state index in [2.05, 4.69) is 0 Å². The Morgan fingerprint density at radius 2 is 2.07 bits per heavy atom. The van der Waals surface area contributed by atoms with Crippen LogP contribution >= 0.6 is 11.6 Å². The molecular formula is C11H13ClO3. The van der Waals surface area contributed by atoms with E-state index in [9.17, 15) is 4.79 Å². The van der Waals surface area contributed by atoms with Crippen LogP contribution in [0, 0.1) is 0 Å². The molecule has 0 heterocycles. The smallest absolute Gasteiger partial charge is 0.293 e. The van der Waals surface area contributed by atoms with Gasteiger partial charge in [0.05, 0.1) is 5.92 Å². The molecule has 15 heavy (non-hydrogen) atoms. The fourth-order valence-electron chi connectivity index (χ4n) is 1.33. The lowest BCUT2D eigenvalue weighted by atomic mass is 10.0. The fraction of sp³-hybridized carbons (Fsp3) is 0.364. The molecule has 0 aliphatic rings. The normalized spacial score (nSPS) is 14.3. The van der Waals surface area contributed by atoms with E-state index in [1.54, 1.807) is 0 Å². The zero-order valence-corrected chi connectivity index (χ0v) is 9.18. The highest BCUT2D eigenvalue weighted by atomic mass is 35.5. The second-order valence-electron chi connectivity index (χ2n) is 3.03. The third-order valence-electron chi connectivity index (χ3n) is 2.11. The van der Waals surface area contributed by atoms with E-state index in [0.717, 1.165) is 5.56 Å². The van der Waals surface area contributed by atoms with Crippen LogP contribution in [-0.2, 0) is 14.3 Å². The van der Waals surface area contributed by atoms with Crippen LogP contribution in [0.5, 0.6) is 0 Å². The van der Waals surface area contributed by atoms with Crippen molar-refractivity contribution in [3.63, 3.8) is 0 Å². The monoisotopic (exact) mass is 228 g/mol. The lowest BCUT2D eigenvalue weighted by Gasteiger charge is -2.20. The maximum absolute atomic E-state index is 10.1. The third-order valence-corrected chi connectivity index (χ3v) is 2.60. The Labute approximate surface area is 93.9 Å². The van der Waals surface area contributed by atoms with Crippen LogP contribution in [0.1, 0.15) is 11.5 Å². The molecule has 1 aromatic rings. The van der Waals surface area contributed by atoms with Crippen LogP contribution in [0.25, 0.3) is 0 Å². The molecule has 1 aromatic carbocycles. The summed E-state index contributed by atoms with van der Waals surface area (Å²) >= 11 is 5.98. The van der Waals surface area contributed by atoms with Gasteiger partial charge in [-0.1, -0.05) is 41.9 Å². The summed E-state index contributed by atoms with van der Waals surface area (Å²) in [6, 6.07) is 9.57. The van der Waals surface area contributed by atoms with Crippen molar-refractivity contribution < 1.29 is 14.3 Å². The average Bonchev–Trinajstić information content (AvgIpc) is 2.30. The average molecular weight is 229 g/mol. The van der Waals surface area contributed by atoms with E-state index < -0.39 is 5.56 Å². The predicted octanol–water partition coefficient (Wildman–Crippen LogP) is 2.15. The van der Waals surface area contributed by atoms with Crippen LogP contribution in [0.3, 0.4) is 0 Å². The lowest BCUT2D eigenvalue weighted by Crippen LogP contribution is -2.20. The molecule has 82 valence electrons. The number of alkyl halides is 1. The number of hydrogen-bond donors (Lipinski definition) is 0. The molecule has 2 atom stereocenters. The molecule has 0 fully saturated rings. The van der Waals surface area contributed by atoms with Crippen molar-refractivity contribution in [3.8, 4) is 0 Å². The van der Waals surface area contributed by atoms with Gasteiger partial charge in [0.15, 0.2) is 0 Å². The van der Waals surface area contributed by atoms with Crippen molar-refractivity contribution in [2.45, 2.75) is 11.5 Å². The van der Waals surface area contributed by atoms with Gasteiger partial charge in [-0.2, -0.15) is 0 Å². The van der Waals surface area contributed by atoms with Gasteiger partial charge in [-0.05, 0) is 5.56 Å². The highest BCUT2D eigenvalue weighted by Gasteiger charge is 2.21. The third kappa shape index (κ3) is 3.53. The van der Waals surface area contributed by atoms with Gasteiger partial charge < -0.3 is 9.47 Å². The Kier molecular flexibility index (Phi) is 5.15. The molecule has 0 aromatic heterocycles. The number of hydrogen-bond acceptors (Lipinski definition) is 3. The Bertz CT molecular complexity index is 289. The molecule has 0 saturated heterocycles. The molecule has 3 nitrogen and oxygen atoms in total. The topological polar surface area (TPSA) is 35.5 Å². The summed E-state index contributed by atoms with van der Waals surface area (Å²) in [5.74, 6) is -0.150. The summed E-state index contributed by atoms with van der Waals surface area (Å²) in [5.41, 5.74) is 0.480. The number of carbonyl (C=O) groups is 1. The van der Waals surface area contributed by atoms with E-state index in [-0.39, 0.29) is 12.5 Å². The van der Waals surface area contributed by atoms with Gasteiger partial charge in [-0.15, -0.1) is 0 Å². The van der Waals surface area contributed by atoms with E-state index in [4.69, 9.17) is 21.1 Å². The number of ether oxygens (including phenoxy) is 2. The lowest BCUT2D eigenvalue weighted by molar-refractivity contribution is -0.129. The summed E-state index contributed by atoms with van der Waals surface area (Å²) in [4.78, 5) is 10.1. The first-order valence-electron chi connectivity index (χ1n) is 4.56. The Balaban J connectivity index is 2.76. The van der Waals surface area contributed by atoms with E-state index in [0.29, 0.717) is 6.47 Å². The molecule has 0 saturated carbocycles. The van der Waals surface area contributed by atoms with E-state index in [1.807, 2.05) is 30.3 Å². The summed E-state index contributed by atoms with van der Waals surface area (Å²) in [6.45, 7) is 0.630. The second-order valence-corrected chi connectivity index (χ2v) is 3.46. The molecule has 0 aliphatic carbocycles. The fourth-order valence-corrected chi connectivity index (χ4v) is 1.55. The van der Waals surface area contributed by atoms with Crippen molar-refractivity contribution in [2.24, 2.45) is 0 Å². The first-order valence-corrected chi connectivity index (χ1v) is 5.00. The molecule has 0 spiro atoms. The molecule has 0 bridgehead atoms. The van der Waals surface area contributed by atoms with E-state index >= 15 is 0 Å². The number of benzene rings is 1. The SMILES string of the molecule is COC(Cl)C(COC=O)c1ccccc1. The largest absolute Gasteiger partial charge is 0.467 e. The summed E-state index contributed by atoms with van der Waals surface area (Å²) < 4.78 is 9.76. The Hall–Kier alpha value is -1.06. The van der Waals surface area contributed by atoms with Crippen molar-refractivity contribution >= 4 is 18.1 Å². The Morgan fingerprint density at radius 1 is 1.40 bits per heavy atom. The van der Waals surface area contributed by atoms with Crippen molar-refractivity contribution in [1.82, 2.24) is 0 Å². The van der Waals surface area contributed by atoms with Gasteiger partial charge in [-0.3, -0.25) is 4.79 Å². The maximum atomic E-state index is 10.1. The van der Waals surface area contributed by atoms with Crippen LogP contribution in [0.15, 0.2) is 30.3 Å². The van der Waals surface area contributed by atoms with Crippen molar-refractivity contribution in [1.29, 1.82) is 0 Å². The predicted molar refractivity (Wildman–Crippen MR) is 57.8 cm³/mol. The molecule has 0 amide bonds. The molecule has 2 unspecified atom stereocenters. The molecule has 0 aliphatic heterocycles. The van der Waals surface area contributed by atoms with Crippen molar-refractivity contribution in [2.75, 3.05) is 13.7 Å². The minimum absolute atomic E-state index is 0.150. The quantitative estimate of drug-likeness (QED) is 0.553. The summed E-state index contributed by atoms with van der Waals surface area (Å²) in [7, 11) is 1.52. The van der Waals surface area contributed by atoms with Gasteiger partial charge in [0.25, 0.3) is 6.47 Å². The van der Waals surface area contributed by atoms with Gasteiger partial charge in [0, 0.05) is 7.11 Å². The summed E-state index contributed by atoms with van der Waals surface area (Å²) in [6.07, 6.45) is 0. The highest BCUT2D eigenvalue weighted by Crippen LogP contribution is 2.24. The van der Waals surface area contributed by atoms with Gasteiger partial charge >= 0.3 is 0 Å². The number of rotatable bonds is 6. The number of methoxy groups -OCH3 is 1. The molecule has 0 N–H and O–H groups in total. The zero-order chi connectivity index (χ0) is 11.1. The van der Waals surface area contributed by atoms with E-state index in [1.165, 1.54) is 7.11 Å². The first kappa shape index (κ1) is 12.0. The maximum Gasteiger partial charge on any atom is 0.293 e. The second kappa shape index (κ2) is 6.43. The zero-order valence-electron chi connectivity index (χ0n) is 8.43. The van der Waals surface area contributed by atoms with Crippen LogP contribution in [0.2, 0.25) is 0 Å². The molecule has 0 radical (unpaired) electrons. The minimum atomic E-state index is -0.507. The van der Waals surface area contributed by atoms with Gasteiger partial charge in [0.1, 0.15) is 12.2 Å². The highest BCUT2D eigenvalue weighted by molar-refractivity contribution is 6.20.